The number of carbonyl (C=O) groups excluding carboxylic acids is 1. The monoisotopic (exact) mass is 287 g/mol. The van der Waals surface area contributed by atoms with Crippen LogP contribution in [0.5, 0.6) is 5.75 Å². The lowest BCUT2D eigenvalue weighted by molar-refractivity contribution is -0.120. The number of aryl methyl sites for hydroxylation is 2. The highest BCUT2D eigenvalue weighted by molar-refractivity contribution is 5.94. The molecule has 0 heterocycles. The Morgan fingerprint density at radius 1 is 1.10 bits per heavy atom. The minimum atomic E-state index is -0.430. The number of likely N-dealkylation sites (N-methyl/N-ethyl adjacent to an activating group) is 1. The maximum Gasteiger partial charge on any atom is 0.264 e. The number of amides is 1. The van der Waals surface area contributed by atoms with Crippen molar-refractivity contribution < 1.29 is 13.9 Å². The molecule has 1 amide bonds. The van der Waals surface area contributed by atoms with Gasteiger partial charge in [-0.3, -0.25) is 4.79 Å². The van der Waals surface area contributed by atoms with E-state index >= 15 is 0 Å². The second-order valence-corrected chi connectivity index (χ2v) is 4.91. The molecule has 0 atom stereocenters. The zero-order valence-electron chi connectivity index (χ0n) is 12.4. The zero-order valence-corrected chi connectivity index (χ0v) is 12.4. The summed E-state index contributed by atoms with van der Waals surface area (Å²) in [5.74, 6) is -0.0315. The van der Waals surface area contributed by atoms with Gasteiger partial charge in [0.25, 0.3) is 5.91 Å². The first-order valence-electron chi connectivity index (χ1n) is 6.71. The van der Waals surface area contributed by atoms with Gasteiger partial charge in [0.15, 0.2) is 6.61 Å². The highest BCUT2D eigenvalue weighted by atomic mass is 19.1. The number of nitrogens with zero attached hydrogens (tertiary/aromatic N) is 1. The summed E-state index contributed by atoms with van der Waals surface area (Å²) < 4.78 is 19.3. The van der Waals surface area contributed by atoms with Crippen LogP contribution in [0.3, 0.4) is 0 Å². The molecule has 0 aliphatic carbocycles. The topological polar surface area (TPSA) is 29.5 Å². The number of para-hydroxylation sites is 2. The van der Waals surface area contributed by atoms with Crippen molar-refractivity contribution in [1.29, 1.82) is 0 Å². The fourth-order valence-electron chi connectivity index (χ4n) is 2.12. The molecule has 4 heteroatoms. The maximum atomic E-state index is 13.7. The molecule has 2 aromatic rings. The molecule has 0 saturated carbocycles. The maximum absolute atomic E-state index is 13.7. The van der Waals surface area contributed by atoms with Crippen LogP contribution in [0, 0.1) is 19.7 Å². The Hall–Kier alpha value is -2.36. The summed E-state index contributed by atoms with van der Waals surface area (Å²) in [6.07, 6.45) is 0. The first-order valence-corrected chi connectivity index (χ1v) is 6.71. The van der Waals surface area contributed by atoms with E-state index in [-0.39, 0.29) is 18.2 Å². The van der Waals surface area contributed by atoms with Gasteiger partial charge in [0.05, 0.1) is 5.69 Å². The quantitative estimate of drug-likeness (QED) is 0.861. The minimum Gasteiger partial charge on any atom is -0.483 e. The largest absolute Gasteiger partial charge is 0.483 e. The Balaban J connectivity index is 2.07. The summed E-state index contributed by atoms with van der Waals surface area (Å²) in [5.41, 5.74) is 2.18. The fourth-order valence-corrected chi connectivity index (χ4v) is 2.12. The normalized spacial score (nSPS) is 10.3. The highest BCUT2D eigenvalue weighted by Gasteiger charge is 2.15. The first-order chi connectivity index (χ1) is 10.0. The standard InChI is InChI=1S/C17H18FNO2/c1-12-7-6-8-13(2)17(12)21-11-16(20)19(3)15-10-5-4-9-14(15)18/h4-10H,11H2,1-3H3. The summed E-state index contributed by atoms with van der Waals surface area (Å²) >= 11 is 0. The average molecular weight is 287 g/mol. The SMILES string of the molecule is Cc1cccc(C)c1OCC(=O)N(C)c1ccccc1F. The minimum absolute atomic E-state index is 0.128. The third kappa shape index (κ3) is 3.40. The third-order valence-electron chi connectivity index (χ3n) is 3.34. The van der Waals surface area contributed by atoms with E-state index in [1.807, 2.05) is 32.0 Å². The van der Waals surface area contributed by atoms with Gasteiger partial charge in [-0.15, -0.1) is 0 Å². The lowest BCUT2D eigenvalue weighted by atomic mass is 10.1. The Labute approximate surface area is 124 Å². The van der Waals surface area contributed by atoms with Gasteiger partial charge < -0.3 is 9.64 Å². The van der Waals surface area contributed by atoms with Crippen molar-refractivity contribution in [3.05, 3.63) is 59.4 Å². The second-order valence-electron chi connectivity index (χ2n) is 4.91. The summed E-state index contributed by atoms with van der Waals surface area (Å²) in [5, 5.41) is 0. The molecule has 0 fully saturated rings. The van der Waals surface area contributed by atoms with Crippen LogP contribution >= 0.6 is 0 Å². The molecule has 0 aliphatic rings. The third-order valence-corrected chi connectivity index (χ3v) is 3.34. The lowest BCUT2D eigenvalue weighted by Gasteiger charge is -2.19. The van der Waals surface area contributed by atoms with Crippen molar-refractivity contribution in [1.82, 2.24) is 0 Å². The van der Waals surface area contributed by atoms with E-state index < -0.39 is 5.82 Å². The molecule has 0 N–H and O–H groups in total. The van der Waals surface area contributed by atoms with Crippen molar-refractivity contribution in [2.45, 2.75) is 13.8 Å². The Bertz CT molecular complexity index is 635. The van der Waals surface area contributed by atoms with Crippen LogP contribution < -0.4 is 9.64 Å². The first kappa shape index (κ1) is 15.0. The molecule has 0 unspecified atom stereocenters. The van der Waals surface area contributed by atoms with Crippen LogP contribution in [0.2, 0.25) is 0 Å². The van der Waals surface area contributed by atoms with Crippen LogP contribution in [0.4, 0.5) is 10.1 Å². The van der Waals surface area contributed by atoms with Gasteiger partial charge in [0.2, 0.25) is 0 Å². The van der Waals surface area contributed by atoms with Gasteiger partial charge in [-0.05, 0) is 37.1 Å². The van der Waals surface area contributed by atoms with Crippen molar-refractivity contribution in [3.8, 4) is 5.75 Å². The van der Waals surface area contributed by atoms with Crippen LogP contribution in [0.1, 0.15) is 11.1 Å². The summed E-state index contributed by atoms with van der Waals surface area (Å²) in [6, 6.07) is 11.9. The van der Waals surface area contributed by atoms with Gasteiger partial charge in [0, 0.05) is 7.05 Å². The number of hydrogen-bond donors (Lipinski definition) is 0. The smallest absolute Gasteiger partial charge is 0.264 e. The van der Waals surface area contributed by atoms with Crippen molar-refractivity contribution in [2.24, 2.45) is 0 Å². The second kappa shape index (κ2) is 6.39. The van der Waals surface area contributed by atoms with E-state index in [0.717, 1.165) is 11.1 Å². The van der Waals surface area contributed by atoms with Gasteiger partial charge in [-0.1, -0.05) is 30.3 Å². The molecule has 0 aromatic heterocycles. The molecule has 2 rings (SSSR count). The number of ether oxygens (including phenoxy) is 1. The molecule has 0 spiro atoms. The van der Waals surface area contributed by atoms with Crippen molar-refractivity contribution in [2.75, 3.05) is 18.6 Å². The number of benzene rings is 2. The number of halogens is 1. The number of hydrogen-bond acceptors (Lipinski definition) is 2. The summed E-state index contributed by atoms with van der Waals surface area (Å²) in [7, 11) is 1.54. The Morgan fingerprint density at radius 2 is 1.71 bits per heavy atom. The highest BCUT2D eigenvalue weighted by Crippen LogP contribution is 2.23. The zero-order chi connectivity index (χ0) is 15.4. The van der Waals surface area contributed by atoms with Gasteiger partial charge >= 0.3 is 0 Å². The van der Waals surface area contributed by atoms with E-state index in [0.29, 0.717) is 5.75 Å². The Kier molecular flexibility index (Phi) is 4.58. The Morgan fingerprint density at radius 3 is 2.33 bits per heavy atom. The van der Waals surface area contributed by atoms with E-state index in [9.17, 15) is 9.18 Å². The molecule has 0 aliphatic heterocycles. The molecule has 110 valence electrons. The lowest BCUT2D eigenvalue weighted by Crippen LogP contribution is -2.32. The average Bonchev–Trinajstić information content (AvgIpc) is 2.46. The van der Waals surface area contributed by atoms with E-state index in [1.165, 1.54) is 18.0 Å². The summed E-state index contributed by atoms with van der Waals surface area (Å²) in [4.78, 5) is 13.4. The molecule has 0 saturated heterocycles. The van der Waals surface area contributed by atoms with E-state index in [2.05, 4.69) is 0 Å². The molecule has 3 nitrogen and oxygen atoms in total. The number of rotatable bonds is 4. The van der Waals surface area contributed by atoms with E-state index in [1.54, 1.807) is 18.2 Å². The molecule has 21 heavy (non-hydrogen) atoms. The fraction of sp³-hybridized carbons (Fsp3) is 0.235. The van der Waals surface area contributed by atoms with Crippen molar-refractivity contribution in [3.63, 3.8) is 0 Å². The molecular weight excluding hydrogens is 269 g/mol. The van der Waals surface area contributed by atoms with Crippen LogP contribution in [0.15, 0.2) is 42.5 Å². The van der Waals surface area contributed by atoms with Crippen molar-refractivity contribution >= 4 is 11.6 Å². The number of anilines is 1. The predicted octanol–water partition coefficient (Wildman–Crippen LogP) is 3.48. The number of carbonyl (C=O) groups is 1. The van der Waals surface area contributed by atoms with Crippen LogP contribution in [-0.2, 0) is 4.79 Å². The van der Waals surface area contributed by atoms with Gasteiger partial charge in [-0.2, -0.15) is 0 Å². The molecular formula is C17H18FNO2. The van der Waals surface area contributed by atoms with E-state index in [4.69, 9.17) is 4.74 Å². The summed E-state index contributed by atoms with van der Waals surface area (Å²) in [6.45, 7) is 3.72. The van der Waals surface area contributed by atoms with Gasteiger partial charge in [0.1, 0.15) is 11.6 Å². The molecule has 0 radical (unpaired) electrons. The van der Waals surface area contributed by atoms with Crippen LogP contribution in [-0.4, -0.2) is 19.6 Å². The molecule has 2 aromatic carbocycles. The predicted molar refractivity (Wildman–Crippen MR) is 81.2 cm³/mol. The van der Waals surface area contributed by atoms with Gasteiger partial charge in [-0.25, -0.2) is 4.39 Å². The molecule has 0 bridgehead atoms. The van der Waals surface area contributed by atoms with Crippen LogP contribution in [0.25, 0.3) is 0 Å².